The molecule has 5 heteroatoms. The number of aromatic nitrogens is 1. The number of hydrogen-bond donors (Lipinski definition) is 2. The first-order chi connectivity index (χ1) is 6.59. The molecule has 0 aliphatic heterocycles. The van der Waals surface area contributed by atoms with Gasteiger partial charge < -0.3 is 14.8 Å². The zero-order valence-corrected chi connectivity index (χ0v) is 7.25. The lowest BCUT2D eigenvalue weighted by Gasteiger charge is -2.00. The second-order valence-electron chi connectivity index (χ2n) is 2.63. The van der Waals surface area contributed by atoms with Crippen LogP contribution in [-0.4, -0.2) is 26.7 Å². The van der Waals surface area contributed by atoms with Crippen molar-refractivity contribution in [3.63, 3.8) is 0 Å². The fourth-order valence-electron chi connectivity index (χ4n) is 1.02. The van der Waals surface area contributed by atoms with Crippen LogP contribution in [0, 0.1) is 0 Å². The molecule has 0 atom stereocenters. The summed E-state index contributed by atoms with van der Waals surface area (Å²) in [5.74, 6) is -2.03. The number of carboxylic acid groups (broad SMARTS) is 2. The first kappa shape index (κ1) is 10.0. The van der Waals surface area contributed by atoms with Gasteiger partial charge in [0.2, 0.25) is 0 Å². The fourth-order valence-corrected chi connectivity index (χ4v) is 1.02. The van der Waals surface area contributed by atoms with Crippen LogP contribution in [0.1, 0.15) is 5.69 Å². The first-order valence-electron chi connectivity index (χ1n) is 3.87. The highest BCUT2D eigenvalue weighted by Crippen LogP contribution is 2.04. The molecule has 0 amide bonds. The van der Waals surface area contributed by atoms with Crippen LogP contribution in [0.2, 0.25) is 0 Å². The molecule has 74 valence electrons. The average molecular weight is 195 g/mol. The molecule has 0 aromatic carbocycles. The number of rotatable bonds is 4. The van der Waals surface area contributed by atoms with Crippen LogP contribution in [0.3, 0.4) is 0 Å². The lowest BCUT2D eigenvalue weighted by Crippen LogP contribution is -2.08. The van der Waals surface area contributed by atoms with E-state index in [1.165, 1.54) is 10.6 Å². The van der Waals surface area contributed by atoms with Gasteiger partial charge in [-0.3, -0.25) is 4.79 Å². The monoisotopic (exact) mass is 195 g/mol. The average Bonchev–Trinajstić information content (AvgIpc) is 2.47. The Morgan fingerprint density at radius 3 is 2.71 bits per heavy atom. The molecule has 1 rings (SSSR count). The molecule has 0 fully saturated rings. The molecule has 0 radical (unpaired) electrons. The number of hydrogen-bond acceptors (Lipinski definition) is 2. The third-order valence-electron chi connectivity index (χ3n) is 1.57. The summed E-state index contributed by atoms with van der Waals surface area (Å²) in [4.78, 5) is 20.6. The van der Waals surface area contributed by atoms with E-state index in [4.69, 9.17) is 10.2 Å². The molecule has 0 spiro atoms. The predicted molar refractivity (Wildman–Crippen MR) is 48.7 cm³/mol. The third kappa shape index (κ3) is 2.78. The second-order valence-corrected chi connectivity index (χ2v) is 2.63. The van der Waals surface area contributed by atoms with Gasteiger partial charge in [0, 0.05) is 18.0 Å². The smallest absolute Gasteiger partial charge is 0.328 e. The standard InChI is InChI=1S/C9H9NO4/c11-8(12)4-3-7-2-1-5-10(7)6-9(13)14/h1-5H,6H2,(H,11,12)(H,13,14)/b4-3+. The summed E-state index contributed by atoms with van der Waals surface area (Å²) in [7, 11) is 0. The van der Waals surface area contributed by atoms with Crippen LogP contribution in [0.25, 0.3) is 6.08 Å². The highest BCUT2D eigenvalue weighted by molar-refractivity contribution is 5.85. The van der Waals surface area contributed by atoms with E-state index in [-0.39, 0.29) is 6.54 Å². The molecule has 0 aliphatic carbocycles. The zero-order valence-electron chi connectivity index (χ0n) is 7.25. The van der Waals surface area contributed by atoms with Crippen molar-refractivity contribution in [2.24, 2.45) is 0 Å². The molecule has 1 aromatic rings. The minimum atomic E-state index is -1.06. The van der Waals surface area contributed by atoms with Crippen molar-refractivity contribution in [1.82, 2.24) is 4.57 Å². The fraction of sp³-hybridized carbons (Fsp3) is 0.111. The van der Waals surface area contributed by atoms with Crippen molar-refractivity contribution >= 4 is 18.0 Å². The summed E-state index contributed by atoms with van der Waals surface area (Å²) in [5.41, 5.74) is 0.551. The number of carboxylic acids is 2. The SMILES string of the molecule is O=C(O)/C=C/c1cccn1CC(=O)O. The van der Waals surface area contributed by atoms with E-state index in [0.717, 1.165) is 6.08 Å². The Hall–Kier alpha value is -2.04. The Kier molecular flexibility index (Phi) is 3.06. The lowest BCUT2D eigenvalue weighted by atomic mass is 10.3. The van der Waals surface area contributed by atoms with E-state index >= 15 is 0 Å². The van der Waals surface area contributed by atoms with Gasteiger partial charge in [-0.2, -0.15) is 0 Å². The van der Waals surface area contributed by atoms with Gasteiger partial charge in [0.15, 0.2) is 0 Å². The Morgan fingerprint density at radius 2 is 2.14 bits per heavy atom. The van der Waals surface area contributed by atoms with Crippen LogP contribution in [-0.2, 0) is 16.1 Å². The summed E-state index contributed by atoms with van der Waals surface area (Å²) in [6, 6.07) is 3.30. The Bertz CT molecular complexity index is 378. The quantitative estimate of drug-likeness (QED) is 0.692. The van der Waals surface area contributed by atoms with Gasteiger partial charge >= 0.3 is 11.9 Å². The molecule has 0 saturated carbocycles. The van der Waals surface area contributed by atoms with Crippen LogP contribution >= 0.6 is 0 Å². The molecule has 14 heavy (non-hydrogen) atoms. The second kappa shape index (κ2) is 4.27. The van der Waals surface area contributed by atoms with E-state index in [9.17, 15) is 9.59 Å². The largest absolute Gasteiger partial charge is 0.480 e. The molecular weight excluding hydrogens is 186 g/mol. The minimum Gasteiger partial charge on any atom is -0.480 e. The Morgan fingerprint density at radius 1 is 1.43 bits per heavy atom. The Labute approximate surface area is 79.9 Å². The van der Waals surface area contributed by atoms with Crippen LogP contribution in [0.15, 0.2) is 24.4 Å². The number of nitrogens with zero attached hydrogens (tertiary/aromatic N) is 1. The van der Waals surface area contributed by atoms with Gasteiger partial charge in [0.05, 0.1) is 0 Å². The third-order valence-corrected chi connectivity index (χ3v) is 1.57. The maximum atomic E-state index is 10.4. The van der Waals surface area contributed by atoms with Crippen LogP contribution in [0.4, 0.5) is 0 Å². The van der Waals surface area contributed by atoms with Crippen molar-refractivity contribution in [2.75, 3.05) is 0 Å². The van der Waals surface area contributed by atoms with E-state index in [1.54, 1.807) is 18.3 Å². The lowest BCUT2D eigenvalue weighted by molar-refractivity contribution is -0.137. The van der Waals surface area contributed by atoms with Crippen molar-refractivity contribution in [3.8, 4) is 0 Å². The van der Waals surface area contributed by atoms with Gasteiger partial charge in [0.1, 0.15) is 6.54 Å². The normalized spacial score (nSPS) is 10.6. The van der Waals surface area contributed by atoms with E-state index in [1.807, 2.05) is 0 Å². The first-order valence-corrected chi connectivity index (χ1v) is 3.87. The van der Waals surface area contributed by atoms with Crippen molar-refractivity contribution in [3.05, 3.63) is 30.1 Å². The highest BCUT2D eigenvalue weighted by atomic mass is 16.4. The summed E-state index contributed by atoms with van der Waals surface area (Å²) in [6.07, 6.45) is 3.90. The topological polar surface area (TPSA) is 79.5 Å². The van der Waals surface area contributed by atoms with Crippen LogP contribution in [0.5, 0.6) is 0 Å². The van der Waals surface area contributed by atoms with Gasteiger partial charge in [-0.25, -0.2) is 4.79 Å². The Balaban J connectivity index is 2.82. The molecule has 1 heterocycles. The van der Waals surface area contributed by atoms with Crippen molar-refractivity contribution in [2.45, 2.75) is 6.54 Å². The zero-order chi connectivity index (χ0) is 10.6. The number of carbonyl (C=O) groups is 2. The molecule has 0 unspecified atom stereocenters. The maximum absolute atomic E-state index is 10.4. The van der Waals surface area contributed by atoms with Gasteiger partial charge in [-0.05, 0) is 18.2 Å². The summed E-state index contributed by atoms with van der Waals surface area (Å²) >= 11 is 0. The van der Waals surface area contributed by atoms with E-state index in [2.05, 4.69) is 0 Å². The summed E-state index contributed by atoms with van der Waals surface area (Å²) in [5, 5.41) is 16.9. The van der Waals surface area contributed by atoms with Crippen molar-refractivity contribution < 1.29 is 19.8 Å². The predicted octanol–water partition coefficient (Wildman–Crippen LogP) is 0.670. The molecule has 0 saturated heterocycles. The van der Waals surface area contributed by atoms with E-state index in [0.29, 0.717) is 5.69 Å². The van der Waals surface area contributed by atoms with Gasteiger partial charge in [-0.1, -0.05) is 0 Å². The molecule has 0 bridgehead atoms. The summed E-state index contributed by atoms with van der Waals surface area (Å²) in [6.45, 7) is -0.174. The number of aliphatic carboxylic acids is 2. The molecule has 1 aromatic heterocycles. The molecule has 0 aliphatic rings. The van der Waals surface area contributed by atoms with Crippen molar-refractivity contribution in [1.29, 1.82) is 0 Å². The molecular formula is C9H9NO4. The van der Waals surface area contributed by atoms with Crippen LogP contribution < -0.4 is 0 Å². The maximum Gasteiger partial charge on any atom is 0.328 e. The molecule has 5 nitrogen and oxygen atoms in total. The van der Waals surface area contributed by atoms with Gasteiger partial charge in [0.25, 0.3) is 0 Å². The minimum absolute atomic E-state index is 0.174. The summed E-state index contributed by atoms with van der Waals surface area (Å²) < 4.78 is 1.45. The highest BCUT2D eigenvalue weighted by Gasteiger charge is 2.01. The molecule has 2 N–H and O–H groups in total. The van der Waals surface area contributed by atoms with Gasteiger partial charge in [-0.15, -0.1) is 0 Å². The van der Waals surface area contributed by atoms with E-state index < -0.39 is 11.9 Å².